The number of rotatable bonds is 5. The highest BCUT2D eigenvalue weighted by molar-refractivity contribution is 8.00. The molecule has 0 aliphatic heterocycles. The zero-order chi connectivity index (χ0) is 20.4. The second kappa shape index (κ2) is 8.03. The molecular weight excluding hydrogens is 380 g/mol. The molecule has 3 aromatic rings. The Morgan fingerprint density at radius 1 is 1.24 bits per heavy atom. The number of benzene rings is 1. The van der Waals surface area contributed by atoms with Gasteiger partial charge < -0.3 is 5.32 Å². The van der Waals surface area contributed by atoms with E-state index in [1.165, 1.54) is 23.0 Å². The summed E-state index contributed by atoms with van der Waals surface area (Å²) in [7, 11) is 0. The van der Waals surface area contributed by atoms with E-state index in [0.29, 0.717) is 5.75 Å². The van der Waals surface area contributed by atoms with E-state index in [-0.39, 0.29) is 17.4 Å². The monoisotopic (exact) mass is 406 g/mol. The molecule has 0 unspecified atom stereocenters. The maximum atomic E-state index is 12.7. The summed E-state index contributed by atoms with van der Waals surface area (Å²) in [5.74, 6) is 0.437. The van der Waals surface area contributed by atoms with Gasteiger partial charge in [0.15, 0.2) is 0 Å². The summed E-state index contributed by atoms with van der Waals surface area (Å²) >= 11 is 1.53. The molecule has 0 saturated heterocycles. The van der Waals surface area contributed by atoms with Gasteiger partial charge in [0.05, 0.1) is 29.4 Å². The number of nitrogens with zero attached hydrogens (tertiary/aromatic N) is 3. The number of hydrogen-bond acceptors (Lipinski definition) is 4. The molecule has 1 atom stereocenters. The van der Waals surface area contributed by atoms with Crippen LogP contribution in [0.1, 0.15) is 43.1 Å². The molecule has 1 N–H and O–H groups in total. The molecule has 29 heavy (non-hydrogen) atoms. The Hall–Kier alpha value is -2.60. The van der Waals surface area contributed by atoms with E-state index in [9.17, 15) is 4.79 Å². The smallest absolute Gasteiger partial charge is 0.230 e. The molecule has 2 aromatic heterocycles. The number of aromatic nitrogens is 3. The van der Waals surface area contributed by atoms with Crippen molar-refractivity contribution in [3.63, 3.8) is 0 Å². The van der Waals surface area contributed by atoms with Crippen molar-refractivity contribution in [1.82, 2.24) is 20.1 Å². The van der Waals surface area contributed by atoms with Gasteiger partial charge in [0.2, 0.25) is 5.91 Å². The first-order valence-corrected chi connectivity index (χ1v) is 10.9. The maximum Gasteiger partial charge on any atom is 0.230 e. The minimum absolute atomic E-state index is 0.0166. The van der Waals surface area contributed by atoms with Crippen LogP contribution in [0.3, 0.4) is 0 Å². The number of pyridine rings is 1. The minimum atomic E-state index is -0.0166. The van der Waals surface area contributed by atoms with Crippen LogP contribution in [-0.4, -0.2) is 26.4 Å². The molecule has 0 radical (unpaired) electrons. The summed E-state index contributed by atoms with van der Waals surface area (Å²) in [6.07, 6.45) is 7.27. The van der Waals surface area contributed by atoms with Gasteiger partial charge in [0, 0.05) is 22.9 Å². The van der Waals surface area contributed by atoms with Crippen LogP contribution in [0.15, 0.2) is 59.9 Å². The average Bonchev–Trinajstić information content (AvgIpc) is 3.10. The van der Waals surface area contributed by atoms with Gasteiger partial charge in [-0.05, 0) is 48.9 Å². The fourth-order valence-electron chi connectivity index (χ4n) is 4.00. The van der Waals surface area contributed by atoms with Crippen molar-refractivity contribution in [2.75, 3.05) is 5.75 Å². The summed E-state index contributed by atoms with van der Waals surface area (Å²) in [6, 6.07) is 12.1. The van der Waals surface area contributed by atoms with Crippen molar-refractivity contribution in [3.8, 4) is 5.69 Å². The van der Waals surface area contributed by atoms with E-state index in [4.69, 9.17) is 5.10 Å². The highest BCUT2D eigenvalue weighted by Gasteiger charge is 2.36. The molecule has 0 saturated carbocycles. The Bertz CT molecular complexity index is 1010. The van der Waals surface area contributed by atoms with E-state index >= 15 is 0 Å². The molecule has 0 bridgehead atoms. The lowest BCUT2D eigenvalue weighted by Crippen LogP contribution is -2.37. The predicted molar refractivity (Wildman–Crippen MR) is 116 cm³/mol. The molecule has 2 heterocycles. The molecule has 5 nitrogen and oxygen atoms in total. The number of amides is 1. The summed E-state index contributed by atoms with van der Waals surface area (Å²) in [4.78, 5) is 17.7. The van der Waals surface area contributed by atoms with Crippen LogP contribution in [0, 0.1) is 12.3 Å². The number of aryl methyl sites for hydroxylation is 1. The normalized spacial score (nSPS) is 17.6. The lowest BCUT2D eigenvalue weighted by molar-refractivity contribution is -0.119. The van der Waals surface area contributed by atoms with Crippen LogP contribution in [0.4, 0.5) is 0 Å². The number of nitrogens with one attached hydrogen (secondary N) is 1. The van der Waals surface area contributed by atoms with Crippen LogP contribution < -0.4 is 5.32 Å². The number of fused-ring (bicyclic) bond motifs is 1. The number of hydrogen-bond donors (Lipinski definition) is 1. The molecule has 1 aliphatic carbocycles. The second-order valence-corrected chi connectivity index (χ2v) is 9.43. The largest absolute Gasteiger partial charge is 0.348 e. The van der Waals surface area contributed by atoms with Gasteiger partial charge in [-0.15, -0.1) is 11.8 Å². The first-order chi connectivity index (χ1) is 13.9. The van der Waals surface area contributed by atoms with Crippen molar-refractivity contribution in [3.05, 3.63) is 71.8 Å². The highest BCUT2D eigenvalue weighted by Crippen LogP contribution is 2.41. The summed E-state index contributed by atoms with van der Waals surface area (Å²) in [5.41, 5.74) is 4.71. The lowest BCUT2D eigenvalue weighted by Gasteiger charge is -2.36. The van der Waals surface area contributed by atoms with Crippen molar-refractivity contribution < 1.29 is 4.79 Å². The van der Waals surface area contributed by atoms with Crippen LogP contribution in [0.25, 0.3) is 5.69 Å². The number of carbonyl (C=O) groups is 1. The van der Waals surface area contributed by atoms with Gasteiger partial charge in [0.25, 0.3) is 0 Å². The molecule has 4 rings (SSSR count). The van der Waals surface area contributed by atoms with Gasteiger partial charge in [-0.25, -0.2) is 4.68 Å². The van der Waals surface area contributed by atoms with E-state index in [1.807, 2.05) is 30.5 Å². The van der Waals surface area contributed by atoms with Crippen molar-refractivity contribution in [2.24, 2.45) is 5.41 Å². The second-order valence-electron chi connectivity index (χ2n) is 8.38. The predicted octanol–water partition coefficient (Wildman–Crippen LogP) is 4.50. The maximum absolute atomic E-state index is 12.7. The van der Waals surface area contributed by atoms with Gasteiger partial charge >= 0.3 is 0 Å². The Kier molecular flexibility index (Phi) is 5.46. The molecule has 1 aliphatic rings. The van der Waals surface area contributed by atoms with E-state index < -0.39 is 0 Å². The third-order valence-corrected chi connectivity index (χ3v) is 6.39. The van der Waals surface area contributed by atoms with Gasteiger partial charge in [-0.3, -0.25) is 9.78 Å². The fourth-order valence-corrected chi connectivity index (χ4v) is 4.69. The van der Waals surface area contributed by atoms with Gasteiger partial charge in [-0.1, -0.05) is 32.0 Å². The molecule has 1 aromatic carbocycles. The average molecular weight is 407 g/mol. The SMILES string of the molecule is Cc1ccccc1-n1ncc2c1CC(C)(C)C[C@H]2NC(=O)CSc1ccncc1. The summed E-state index contributed by atoms with van der Waals surface area (Å²) in [6.45, 7) is 6.62. The topological polar surface area (TPSA) is 59.8 Å². The van der Waals surface area contributed by atoms with Crippen molar-refractivity contribution >= 4 is 17.7 Å². The van der Waals surface area contributed by atoms with Gasteiger partial charge in [0.1, 0.15) is 0 Å². The fraction of sp³-hybridized carbons (Fsp3) is 0.348. The molecule has 1 amide bonds. The van der Waals surface area contributed by atoms with Crippen molar-refractivity contribution in [2.45, 2.75) is 44.6 Å². The molecule has 150 valence electrons. The minimum Gasteiger partial charge on any atom is -0.348 e. The Balaban J connectivity index is 1.55. The Morgan fingerprint density at radius 2 is 2.00 bits per heavy atom. The van der Waals surface area contributed by atoms with Crippen LogP contribution >= 0.6 is 11.8 Å². The first kappa shape index (κ1) is 19.7. The third kappa shape index (κ3) is 4.37. The number of para-hydroxylation sites is 1. The standard InChI is InChI=1S/C23H26N4OS/c1-16-6-4-5-7-20(16)27-21-13-23(2,3)12-19(18(21)14-25-27)26-22(28)15-29-17-8-10-24-11-9-17/h4-11,14,19H,12-13,15H2,1-3H3,(H,26,28)/t19-/m1/s1. The van der Waals surface area contributed by atoms with E-state index in [0.717, 1.165) is 29.0 Å². The molecular formula is C23H26N4OS. The molecule has 0 fully saturated rings. The zero-order valence-corrected chi connectivity index (χ0v) is 17.9. The summed E-state index contributed by atoms with van der Waals surface area (Å²) < 4.78 is 2.05. The first-order valence-electron chi connectivity index (χ1n) is 9.88. The number of thioether (sulfide) groups is 1. The lowest BCUT2D eigenvalue weighted by atomic mass is 9.74. The van der Waals surface area contributed by atoms with Gasteiger partial charge in [-0.2, -0.15) is 5.10 Å². The molecule has 6 heteroatoms. The molecule has 0 spiro atoms. The quantitative estimate of drug-likeness (QED) is 0.634. The van der Waals surface area contributed by atoms with Crippen molar-refractivity contribution in [1.29, 1.82) is 0 Å². The van der Waals surface area contributed by atoms with E-state index in [1.54, 1.807) is 12.4 Å². The van der Waals surface area contributed by atoms with Crippen LogP contribution in [0.2, 0.25) is 0 Å². The Morgan fingerprint density at radius 3 is 2.76 bits per heavy atom. The zero-order valence-electron chi connectivity index (χ0n) is 17.1. The highest BCUT2D eigenvalue weighted by atomic mass is 32.2. The Labute approximate surface area is 175 Å². The van der Waals surface area contributed by atoms with Crippen LogP contribution in [0.5, 0.6) is 0 Å². The summed E-state index contributed by atoms with van der Waals surface area (Å²) in [5, 5.41) is 7.95. The van der Waals surface area contributed by atoms with Crippen LogP contribution in [-0.2, 0) is 11.2 Å². The number of carbonyl (C=O) groups excluding carboxylic acids is 1. The van der Waals surface area contributed by atoms with E-state index in [2.05, 4.69) is 47.9 Å². The third-order valence-electron chi connectivity index (χ3n) is 5.38.